The maximum Gasteiger partial charge on any atom is 0.338 e. The van der Waals surface area contributed by atoms with E-state index < -0.39 is 16.0 Å². The number of sulfonamides is 1. The number of benzene rings is 2. The number of rotatable bonds is 7. The fourth-order valence-corrected chi connectivity index (χ4v) is 5.46. The first kappa shape index (κ1) is 23.9. The van der Waals surface area contributed by atoms with Crippen LogP contribution in [-0.2, 0) is 32.5 Å². The number of hydrogen-bond acceptors (Lipinski definition) is 5. The first-order chi connectivity index (χ1) is 15.1. The van der Waals surface area contributed by atoms with Crippen LogP contribution in [0.4, 0.5) is 0 Å². The molecule has 1 heterocycles. The molecule has 2 aromatic rings. The van der Waals surface area contributed by atoms with Crippen LogP contribution in [0.1, 0.15) is 49.2 Å². The van der Waals surface area contributed by atoms with Crippen molar-refractivity contribution in [1.29, 1.82) is 0 Å². The standard InChI is InChI=1S/C24H30N2O5S/c1-17(2)26(18(3)4)23(27)16-31-24(28)20-9-11-22(12-10-20)32(29,30)25-14-13-19-7-5-6-8-21(19)15-25/h5-12,17-18H,13-16H2,1-4H3. The van der Waals surface area contributed by atoms with Crippen LogP contribution >= 0.6 is 0 Å². The Morgan fingerprint density at radius 2 is 1.56 bits per heavy atom. The highest BCUT2D eigenvalue weighted by atomic mass is 32.2. The van der Waals surface area contributed by atoms with Gasteiger partial charge in [0.05, 0.1) is 10.5 Å². The third-order valence-electron chi connectivity index (χ3n) is 5.55. The SMILES string of the molecule is CC(C)N(C(=O)COC(=O)c1ccc(S(=O)(=O)N2CCc3ccccc3C2)cc1)C(C)C. The van der Waals surface area contributed by atoms with Crippen molar-refractivity contribution in [3.8, 4) is 0 Å². The number of carbonyl (C=O) groups excluding carboxylic acids is 2. The van der Waals surface area contributed by atoms with E-state index in [1.165, 1.54) is 34.1 Å². The van der Waals surface area contributed by atoms with Gasteiger partial charge in [0.15, 0.2) is 6.61 Å². The summed E-state index contributed by atoms with van der Waals surface area (Å²) in [7, 11) is -3.68. The molecule has 0 saturated heterocycles. The summed E-state index contributed by atoms with van der Waals surface area (Å²) in [6.45, 7) is 7.99. The van der Waals surface area contributed by atoms with Crippen LogP contribution in [0, 0.1) is 0 Å². The highest BCUT2D eigenvalue weighted by Gasteiger charge is 2.28. The molecule has 7 nitrogen and oxygen atoms in total. The first-order valence-corrected chi connectivity index (χ1v) is 12.2. The normalized spacial score (nSPS) is 14.3. The van der Waals surface area contributed by atoms with Gasteiger partial charge >= 0.3 is 5.97 Å². The largest absolute Gasteiger partial charge is 0.452 e. The summed E-state index contributed by atoms with van der Waals surface area (Å²) in [5, 5.41) is 0. The zero-order valence-electron chi connectivity index (χ0n) is 18.9. The molecule has 0 radical (unpaired) electrons. The van der Waals surface area contributed by atoms with Crippen molar-refractivity contribution in [2.45, 2.75) is 57.6 Å². The second-order valence-electron chi connectivity index (χ2n) is 8.45. The van der Waals surface area contributed by atoms with E-state index in [-0.39, 0.29) is 35.1 Å². The number of carbonyl (C=O) groups is 2. The first-order valence-electron chi connectivity index (χ1n) is 10.8. The molecule has 0 atom stereocenters. The van der Waals surface area contributed by atoms with Crippen LogP contribution in [0.25, 0.3) is 0 Å². The Bertz CT molecular complexity index is 1070. The lowest BCUT2D eigenvalue weighted by molar-refractivity contribution is -0.138. The van der Waals surface area contributed by atoms with Crippen molar-refractivity contribution in [1.82, 2.24) is 9.21 Å². The lowest BCUT2D eigenvalue weighted by Crippen LogP contribution is -2.44. The molecular weight excluding hydrogens is 428 g/mol. The molecule has 1 amide bonds. The van der Waals surface area contributed by atoms with Gasteiger partial charge in [-0.05, 0) is 69.5 Å². The average molecular weight is 459 g/mol. The fourth-order valence-electron chi connectivity index (χ4n) is 4.04. The Labute approximate surface area is 190 Å². The molecule has 0 saturated carbocycles. The van der Waals surface area contributed by atoms with E-state index in [2.05, 4.69) is 0 Å². The van der Waals surface area contributed by atoms with Crippen LogP contribution in [0.15, 0.2) is 53.4 Å². The molecule has 3 rings (SSSR count). The van der Waals surface area contributed by atoms with E-state index >= 15 is 0 Å². The molecule has 172 valence electrons. The number of amides is 1. The minimum atomic E-state index is -3.68. The maximum absolute atomic E-state index is 13.1. The fraction of sp³-hybridized carbons (Fsp3) is 0.417. The van der Waals surface area contributed by atoms with Crippen molar-refractivity contribution in [2.24, 2.45) is 0 Å². The van der Waals surface area contributed by atoms with Gasteiger partial charge in [-0.2, -0.15) is 4.31 Å². The quantitative estimate of drug-likeness (QED) is 0.595. The summed E-state index contributed by atoms with van der Waals surface area (Å²) < 4.78 is 32.7. The minimum Gasteiger partial charge on any atom is -0.452 e. The average Bonchev–Trinajstić information content (AvgIpc) is 2.76. The van der Waals surface area contributed by atoms with Crippen molar-refractivity contribution in [2.75, 3.05) is 13.2 Å². The van der Waals surface area contributed by atoms with Crippen LogP contribution in [-0.4, -0.2) is 54.7 Å². The molecule has 0 aromatic heterocycles. The molecule has 8 heteroatoms. The summed E-state index contributed by atoms with van der Waals surface area (Å²) in [6, 6.07) is 13.5. The third kappa shape index (κ3) is 5.19. The summed E-state index contributed by atoms with van der Waals surface area (Å²) in [5.41, 5.74) is 2.37. The van der Waals surface area contributed by atoms with Crippen LogP contribution in [0.5, 0.6) is 0 Å². The molecule has 0 unspecified atom stereocenters. The van der Waals surface area contributed by atoms with Gasteiger partial charge in [-0.3, -0.25) is 4.79 Å². The smallest absolute Gasteiger partial charge is 0.338 e. The predicted molar refractivity (Wildman–Crippen MR) is 122 cm³/mol. The van der Waals surface area contributed by atoms with Crippen molar-refractivity contribution >= 4 is 21.9 Å². The topological polar surface area (TPSA) is 84.0 Å². The maximum atomic E-state index is 13.1. The molecule has 32 heavy (non-hydrogen) atoms. The van der Waals surface area contributed by atoms with Crippen molar-refractivity contribution in [3.63, 3.8) is 0 Å². The number of esters is 1. The highest BCUT2D eigenvalue weighted by molar-refractivity contribution is 7.89. The minimum absolute atomic E-state index is 0.00700. The molecule has 0 aliphatic carbocycles. The Balaban J connectivity index is 1.65. The highest BCUT2D eigenvalue weighted by Crippen LogP contribution is 2.25. The van der Waals surface area contributed by atoms with E-state index in [1.807, 2.05) is 52.0 Å². The Hall–Kier alpha value is -2.71. The van der Waals surface area contributed by atoms with Crippen LogP contribution < -0.4 is 0 Å². The van der Waals surface area contributed by atoms with Crippen molar-refractivity contribution in [3.05, 3.63) is 65.2 Å². The number of fused-ring (bicyclic) bond motifs is 1. The van der Waals surface area contributed by atoms with Gasteiger partial charge in [-0.1, -0.05) is 24.3 Å². The lowest BCUT2D eigenvalue weighted by atomic mass is 10.0. The van der Waals surface area contributed by atoms with Crippen LogP contribution in [0.2, 0.25) is 0 Å². The predicted octanol–water partition coefficient (Wildman–Crippen LogP) is 3.24. The molecular formula is C24H30N2O5S. The zero-order chi connectivity index (χ0) is 23.5. The van der Waals surface area contributed by atoms with E-state index in [4.69, 9.17) is 4.74 Å². The van der Waals surface area contributed by atoms with E-state index in [1.54, 1.807) is 4.90 Å². The molecule has 0 fully saturated rings. The summed E-state index contributed by atoms with van der Waals surface area (Å²) in [4.78, 5) is 26.5. The molecule has 1 aliphatic heterocycles. The third-order valence-corrected chi connectivity index (χ3v) is 7.41. The number of hydrogen-bond donors (Lipinski definition) is 0. The molecule has 0 N–H and O–H groups in total. The lowest BCUT2D eigenvalue weighted by Gasteiger charge is -2.30. The van der Waals surface area contributed by atoms with Gasteiger partial charge in [-0.15, -0.1) is 0 Å². The molecule has 1 aliphatic rings. The second kappa shape index (κ2) is 9.83. The summed E-state index contributed by atoms with van der Waals surface area (Å²) in [6.07, 6.45) is 0.664. The van der Waals surface area contributed by atoms with Gasteiger partial charge in [-0.25, -0.2) is 13.2 Å². The Morgan fingerprint density at radius 1 is 0.969 bits per heavy atom. The Morgan fingerprint density at radius 3 is 2.16 bits per heavy atom. The van der Waals surface area contributed by atoms with E-state index in [9.17, 15) is 18.0 Å². The van der Waals surface area contributed by atoms with E-state index in [0.717, 1.165) is 5.56 Å². The van der Waals surface area contributed by atoms with E-state index in [0.29, 0.717) is 19.5 Å². The monoisotopic (exact) mass is 458 g/mol. The van der Waals surface area contributed by atoms with Gasteiger partial charge in [0.2, 0.25) is 10.0 Å². The van der Waals surface area contributed by atoms with Gasteiger partial charge in [0.25, 0.3) is 5.91 Å². The van der Waals surface area contributed by atoms with Gasteiger partial charge in [0.1, 0.15) is 0 Å². The van der Waals surface area contributed by atoms with Crippen molar-refractivity contribution < 1.29 is 22.7 Å². The van der Waals surface area contributed by atoms with Gasteiger partial charge in [0, 0.05) is 25.2 Å². The van der Waals surface area contributed by atoms with Crippen LogP contribution in [0.3, 0.4) is 0 Å². The molecule has 2 aromatic carbocycles. The summed E-state index contributed by atoms with van der Waals surface area (Å²) in [5.74, 6) is -0.936. The molecule has 0 bridgehead atoms. The zero-order valence-corrected chi connectivity index (χ0v) is 19.8. The summed E-state index contributed by atoms with van der Waals surface area (Å²) >= 11 is 0. The number of nitrogens with zero attached hydrogens (tertiary/aromatic N) is 2. The van der Waals surface area contributed by atoms with Gasteiger partial charge < -0.3 is 9.64 Å². The second-order valence-corrected chi connectivity index (χ2v) is 10.4. The number of ether oxygens (including phenoxy) is 1. The molecule has 0 spiro atoms. The Kier molecular flexibility index (Phi) is 7.36.